The van der Waals surface area contributed by atoms with E-state index in [9.17, 15) is 14.7 Å². The minimum Gasteiger partial charge on any atom is -0.506 e. The lowest BCUT2D eigenvalue weighted by atomic mass is 10.1. The second kappa shape index (κ2) is 5.01. The van der Waals surface area contributed by atoms with Crippen molar-refractivity contribution >= 4 is 22.8 Å². The number of aliphatic carboxylic acids is 1. The number of carboxylic acid groups (broad SMARTS) is 1. The normalized spacial score (nSPS) is 10.6. The first-order chi connectivity index (χ1) is 8.99. The number of nitrogens with one attached hydrogen (secondary N) is 1. The van der Waals surface area contributed by atoms with Crippen molar-refractivity contribution in [3.63, 3.8) is 0 Å². The predicted molar refractivity (Wildman–Crippen MR) is 68.9 cm³/mol. The zero-order valence-corrected chi connectivity index (χ0v) is 10.4. The molecule has 3 N–H and O–H groups in total. The summed E-state index contributed by atoms with van der Waals surface area (Å²) in [5.74, 6) is -1.21. The fourth-order valence-electron chi connectivity index (χ4n) is 1.93. The van der Waals surface area contributed by atoms with Crippen LogP contribution in [0.25, 0.3) is 10.9 Å². The van der Waals surface area contributed by atoms with Crippen LogP contribution in [0.3, 0.4) is 0 Å². The van der Waals surface area contributed by atoms with Gasteiger partial charge in [0.05, 0.1) is 11.9 Å². The third-order valence-electron chi connectivity index (χ3n) is 2.92. The summed E-state index contributed by atoms with van der Waals surface area (Å²) in [7, 11) is 1.45. The fourth-order valence-corrected chi connectivity index (χ4v) is 1.93. The van der Waals surface area contributed by atoms with Gasteiger partial charge in [0.2, 0.25) is 5.91 Å². The number of amides is 1. The van der Waals surface area contributed by atoms with Gasteiger partial charge in [0.25, 0.3) is 0 Å². The van der Waals surface area contributed by atoms with Crippen LogP contribution >= 0.6 is 0 Å². The molecule has 0 aliphatic heterocycles. The molecule has 19 heavy (non-hydrogen) atoms. The van der Waals surface area contributed by atoms with Gasteiger partial charge in [0.15, 0.2) is 0 Å². The largest absolute Gasteiger partial charge is 0.506 e. The summed E-state index contributed by atoms with van der Waals surface area (Å²) in [6.07, 6.45) is 1.74. The molecule has 1 aromatic heterocycles. The van der Waals surface area contributed by atoms with Crippen LogP contribution in [-0.2, 0) is 16.0 Å². The van der Waals surface area contributed by atoms with Crippen molar-refractivity contribution in [2.45, 2.75) is 6.42 Å². The van der Waals surface area contributed by atoms with Crippen molar-refractivity contribution in [1.82, 2.24) is 9.88 Å². The number of rotatable bonds is 4. The molecule has 2 aromatic rings. The monoisotopic (exact) mass is 262 g/mol. The number of para-hydroxylation sites is 1. The van der Waals surface area contributed by atoms with Crippen molar-refractivity contribution < 1.29 is 19.8 Å². The Bertz CT molecular complexity index is 633. The van der Waals surface area contributed by atoms with Crippen LogP contribution in [-0.4, -0.2) is 45.6 Å². The summed E-state index contributed by atoms with van der Waals surface area (Å²) >= 11 is 0. The van der Waals surface area contributed by atoms with Gasteiger partial charge >= 0.3 is 5.97 Å². The number of nitrogens with zero attached hydrogens (tertiary/aromatic N) is 1. The van der Waals surface area contributed by atoms with Gasteiger partial charge in [-0.1, -0.05) is 12.1 Å². The predicted octanol–water partition coefficient (Wildman–Crippen LogP) is 0.959. The molecule has 2 rings (SSSR count). The summed E-state index contributed by atoms with van der Waals surface area (Å²) in [6, 6.07) is 5.05. The van der Waals surface area contributed by atoms with Gasteiger partial charge in [-0.3, -0.25) is 9.59 Å². The number of fused-ring (bicyclic) bond motifs is 1. The second-order valence-electron chi connectivity index (χ2n) is 4.33. The maximum atomic E-state index is 11.9. The standard InChI is InChI=1S/C13H14N2O4/c1-15(7-12(18)19)11(17)5-8-6-14-13-9(8)3-2-4-10(13)16/h2-4,6,14,16H,5,7H2,1H3,(H,18,19). The van der Waals surface area contributed by atoms with Crippen molar-refractivity contribution in [1.29, 1.82) is 0 Å². The lowest BCUT2D eigenvalue weighted by Crippen LogP contribution is -2.32. The average molecular weight is 262 g/mol. The highest BCUT2D eigenvalue weighted by atomic mass is 16.4. The number of carbonyl (C=O) groups excluding carboxylic acids is 1. The quantitative estimate of drug-likeness (QED) is 0.765. The number of hydrogen-bond acceptors (Lipinski definition) is 3. The highest BCUT2D eigenvalue weighted by molar-refractivity contribution is 5.92. The van der Waals surface area contributed by atoms with E-state index in [0.29, 0.717) is 5.52 Å². The molecular weight excluding hydrogens is 248 g/mol. The van der Waals surface area contributed by atoms with Crippen molar-refractivity contribution in [3.05, 3.63) is 30.0 Å². The Labute approximate surface area is 109 Å². The maximum Gasteiger partial charge on any atom is 0.323 e. The SMILES string of the molecule is CN(CC(=O)O)C(=O)Cc1c[nH]c2c(O)cccc12. The van der Waals surface area contributed by atoms with Crippen LogP contribution in [0.5, 0.6) is 5.75 Å². The maximum absolute atomic E-state index is 11.9. The molecule has 0 bridgehead atoms. The number of carboxylic acids is 1. The van der Waals surface area contributed by atoms with Gasteiger partial charge in [0.1, 0.15) is 12.3 Å². The summed E-state index contributed by atoms with van der Waals surface area (Å²) in [5, 5.41) is 19.0. The van der Waals surface area contributed by atoms with Crippen LogP contribution in [0.1, 0.15) is 5.56 Å². The highest BCUT2D eigenvalue weighted by Gasteiger charge is 2.15. The summed E-state index contributed by atoms with van der Waals surface area (Å²) in [5.41, 5.74) is 1.30. The summed E-state index contributed by atoms with van der Waals surface area (Å²) in [4.78, 5) is 26.5. The third-order valence-corrected chi connectivity index (χ3v) is 2.92. The van der Waals surface area contributed by atoms with E-state index in [4.69, 9.17) is 5.11 Å². The second-order valence-corrected chi connectivity index (χ2v) is 4.33. The van der Waals surface area contributed by atoms with E-state index >= 15 is 0 Å². The molecular formula is C13H14N2O4. The van der Waals surface area contributed by atoms with Crippen molar-refractivity contribution in [2.24, 2.45) is 0 Å². The van der Waals surface area contributed by atoms with Gasteiger partial charge in [-0.15, -0.1) is 0 Å². The van der Waals surface area contributed by atoms with Gasteiger partial charge < -0.3 is 20.1 Å². The number of phenols is 1. The topological polar surface area (TPSA) is 93.6 Å². The molecule has 0 aliphatic carbocycles. The number of phenolic OH excluding ortho intramolecular Hbond substituents is 1. The molecule has 1 aromatic carbocycles. The van der Waals surface area contributed by atoms with E-state index in [1.807, 2.05) is 0 Å². The van der Waals surface area contributed by atoms with Crippen LogP contribution < -0.4 is 0 Å². The number of hydrogen-bond donors (Lipinski definition) is 3. The smallest absolute Gasteiger partial charge is 0.323 e. The molecule has 6 nitrogen and oxygen atoms in total. The number of aromatic hydroxyl groups is 1. The van der Waals surface area contributed by atoms with Crippen LogP contribution in [0.2, 0.25) is 0 Å². The third kappa shape index (κ3) is 2.67. The number of H-pyrrole nitrogens is 1. The van der Waals surface area contributed by atoms with E-state index in [1.165, 1.54) is 7.05 Å². The first kappa shape index (κ1) is 12.9. The van der Waals surface area contributed by atoms with E-state index in [0.717, 1.165) is 15.8 Å². The molecule has 0 saturated heterocycles. The number of carbonyl (C=O) groups is 2. The minimum atomic E-state index is -1.05. The lowest BCUT2D eigenvalue weighted by Gasteiger charge is -2.13. The molecule has 0 spiro atoms. The lowest BCUT2D eigenvalue weighted by molar-refractivity contribution is -0.143. The Morgan fingerprint density at radius 2 is 2.11 bits per heavy atom. The van der Waals surface area contributed by atoms with E-state index in [-0.39, 0.29) is 24.6 Å². The van der Waals surface area contributed by atoms with Gasteiger partial charge in [-0.05, 0) is 11.6 Å². The van der Waals surface area contributed by atoms with Crippen LogP contribution in [0.15, 0.2) is 24.4 Å². The number of aromatic amines is 1. The average Bonchev–Trinajstić information content (AvgIpc) is 2.73. The van der Waals surface area contributed by atoms with Gasteiger partial charge in [0, 0.05) is 18.6 Å². The molecule has 0 unspecified atom stereocenters. The minimum absolute atomic E-state index is 0.0905. The van der Waals surface area contributed by atoms with Gasteiger partial charge in [-0.25, -0.2) is 0 Å². The molecule has 0 saturated carbocycles. The number of likely N-dealkylation sites (N-methyl/N-ethyl adjacent to an activating group) is 1. The Hall–Kier alpha value is -2.50. The zero-order chi connectivity index (χ0) is 14.0. The molecule has 0 fully saturated rings. The Kier molecular flexibility index (Phi) is 3.41. The van der Waals surface area contributed by atoms with Crippen molar-refractivity contribution in [2.75, 3.05) is 13.6 Å². The molecule has 0 aliphatic rings. The van der Waals surface area contributed by atoms with Crippen LogP contribution in [0.4, 0.5) is 0 Å². The number of benzene rings is 1. The molecule has 100 valence electrons. The van der Waals surface area contributed by atoms with Gasteiger partial charge in [-0.2, -0.15) is 0 Å². The molecule has 1 amide bonds. The molecule has 0 radical (unpaired) electrons. The highest BCUT2D eigenvalue weighted by Crippen LogP contribution is 2.26. The van der Waals surface area contributed by atoms with Crippen molar-refractivity contribution in [3.8, 4) is 5.75 Å². The molecule has 0 atom stereocenters. The Morgan fingerprint density at radius 3 is 2.79 bits per heavy atom. The van der Waals surface area contributed by atoms with E-state index < -0.39 is 5.97 Å². The first-order valence-electron chi connectivity index (χ1n) is 5.72. The zero-order valence-electron chi connectivity index (χ0n) is 10.4. The van der Waals surface area contributed by atoms with E-state index in [1.54, 1.807) is 24.4 Å². The fraction of sp³-hybridized carbons (Fsp3) is 0.231. The Balaban J connectivity index is 2.20. The molecule has 1 heterocycles. The van der Waals surface area contributed by atoms with Crippen LogP contribution in [0, 0.1) is 0 Å². The van der Waals surface area contributed by atoms with E-state index in [2.05, 4.69) is 4.98 Å². The number of aromatic nitrogens is 1. The summed E-state index contributed by atoms with van der Waals surface area (Å²) in [6.45, 7) is -0.327. The summed E-state index contributed by atoms with van der Waals surface area (Å²) < 4.78 is 0. The Morgan fingerprint density at radius 1 is 1.37 bits per heavy atom. The first-order valence-corrected chi connectivity index (χ1v) is 5.72. The molecule has 6 heteroatoms.